The monoisotopic (exact) mass is 314 g/mol. The first-order valence-corrected chi connectivity index (χ1v) is 5.26. The van der Waals surface area contributed by atoms with Crippen molar-refractivity contribution in [2.24, 2.45) is 0 Å². The van der Waals surface area contributed by atoms with E-state index in [1.165, 1.54) is 0 Å². The number of hydrogen-bond acceptors (Lipinski definition) is 6. The van der Waals surface area contributed by atoms with Crippen LogP contribution in [0.25, 0.3) is 0 Å². The fraction of sp³-hybridized carbons (Fsp3) is 0.333. The Morgan fingerprint density at radius 2 is 2.00 bits per heavy atom. The van der Waals surface area contributed by atoms with Gasteiger partial charge in [-0.05, 0) is 0 Å². The molecule has 116 valence electrons. The fourth-order valence-electron chi connectivity index (χ4n) is 1.83. The molecule has 1 aromatic carbocycles. The van der Waals surface area contributed by atoms with Crippen molar-refractivity contribution in [3.63, 3.8) is 0 Å². The zero-order valence-electron chi connectivity index (χ0n) is 10.2. The second-order valence-corrected chi connectivity index (χ2v) is 3.94. The molecule has 0 unspecified atom stereocenters. The maximum absolute atomic E-state index is 13.0. The summed E-state index contributed by atoms with van der Waals surface area (Å²) in [5, 5.41) is 11.7. The highest BCUT2D eigenvalue weighted by Crippen LogP contribution is 2.46. The molecule has 0 radical (unpaired) electrons. The van der Waals surface area contributed by atoms with Gasteiger partial charge in [-0.25, -0.2) is 0 Å². The molecule has 1 aliphatic heterocycles. The van der Waals surface area contributed by atoms with Crippen LogP contribution in [0, 0.1) is 10.1 Å². The van der Waals surface area contributed by atoms with E-state index in [2.05, 4.69) is 10.4 Å². The Bertz CT molecular complexity index is 579. The first kappa shape index (κ1) is 15.2. The van der Waals surface area contributed by atoms with Crippen LogP contribution in [0.4, 0.5) is 39.0 Å². The zero-order valence-corrected chi connectivity index (χ0v) is 10.2. The van der Waals surface area contributed by atoms with Gasteiger partial charge in [-0.1, -0.05) is 0 Å². The van der Waals surface area contributed by atoms with E-state index in [0.717, 1.165) is 12.1 Å². The fourth-order valence-corrected chi connectivity index (χ4v) is 1.83. The summed E-state index contributed by atoms with van der Waals surface area (Å²) in [7, 11) is 1.12. The van der Waals surface area contributed by atoms with Crippen LogP contribution in [0.3, 0.4) is 0 Å². The molecule has 12 heteroatoms. The molecule has 1 heterocycles. The molecule has 0 saturated heterocycles. The van der Waals surface area contributed by atoms with Gasteiger partial charge in [0.2, 0.25) is 0 Å². The van der Waals surface area contributed by atoms with Crippen molar-refractivity contribution in [1.82, 2.24) is 5.53 Å². The molecule has 0 fully saturated rings. The maximum Gasteiger partial charge on any atom is 0.418 e. The third-order valence-corrected chi connectivity index (χ3v) is 2.57. The molecule has 1 N–H and O–H groups in total. The number of anilines is 2. The van der Waals surface area contributed by atoms with Crippen LogP contribution in [-0.2, 0) is 11.0 Å². The Morgan fingerprint density at radius 3 is 2.48 bits per heavy atom. The normalized spacial score (nSPS) is 14.8. The number of nitro groups is 1. The number of benzene rings is 1. The molecule has 2 rings (SSSR count). The van der Waals surface area contributed by atoms with E-state index >= 15 is 0 Å². The van der Waals surface area contributed by atoms with Crippen LogP contribution in [-0.4, -0.2) is 18.6 Å². The summed E-state index contributed by atoms with van der Waals surface area (Å²) in [6.07, 6.45) is -4.91. The third-order valence-electron chi connectivity index (χ3n) is 2.57. The van der Waals surface area contributed by atoms with Crippen molar-refractivity contribution in [2.75, 3.05) is 17.2 Å². The predicted octanol–water partition coefficient (Wildman–Crippen LogP) is 2.44. The van der Waals surface area contributed by atoms with Crippen LogP contribution in [0.5, 0.6) is 0 Å². The number of non-ortho nitro benzene ring substituents is 1. The Balaban J connectivity index is 2.62. The molecule has 0 spiro atoms. The van der Waals surface area contributed by atoms with E-state index in [1.54, 1.807) is 0 Å². The number of nitrogens with one attached hydrogen (secondary N) is 1. The highest BCUT2D eigenvalue weighted by Gasteiger charge is 2.42. The average molecular weight is 314 g/mol. The standard InChI is InChI=1S/C9H7F5N4O3/c1-16-7-5(9(12,13)14)2-4(18(19)20)3-6(7)17(15-16)21-8(10)11/h2-3,8,15H,1H3. The highest BCUT2D eigenvalue weighted by molar-refractivity contribution is 5.79. The van der Waals surface area contributed by atoms with E-state index in [-0.39, 0.29) is 5.17 Å². The summed E-state index contributed by atoms with van der Waals surface area (Å²) in [4.78, 5) is 13.6. The molecule has 0 aliphatic carbocycles. The minimum Gasteiger partial charge on any atom is -0.289 e. The van der Waals surface area contributed by atoms with Crippen molar-refractivity contribution < 1.29 is 31.7 Å². The Kier molecular flexibility index (Phi) is 3.59. The quantitative estimate of drug-likeness (QED) is 0.525. The molecule has 7 nitrogen and oxygen atoms in total. The molecule has 0 amide bonds. The number of nitro benzene ring substituents is 1. The molecule has 0 atom stereocenters. The van der Waals surface area contributed by atoms with Gasteiger partial charge in [0.05, 0.1) is 16.2 Å². The number of rotatable bonds is 3. The number of hydrogen-bond donors (Lipinski definition) is 1. The molecule has 0 bridgehead atoms. The molecule has 1 aliphatic rings. The van der Waals surface area contributed by atoms with Crippen molar-refractivity contribution in [1.29, 1.82) is 0 Å². The first-order chi connectivity index (χ1) is 9.61. The smallest absolute Gasteiger partial charge is 0.289 e. The maximum atomic E-state index is 13.0. The molecule has 21 heavy (non-hydrogen) atoms. The van der Waals surface area contributed by atoms with Gasteiger partial charge in [-0.3, -0.25) is 15.1 Å². The Morgan fingerprint density at radius 1 is 1.38 bits per heavy atom. The van der Waals surface area contributed by atoms with Crippen molar-refractivity contribution in [3.05, 3.63) is 27.8 Å². The van der Waals surface area contributed by atoms with Crippen molar-refractivity contribution in [3.8, 4) is 0 Å². The lowest BCUT2D eigenvalue weighted by atomic mass is 10.1. The number of halogens is 5. The van der Waals surface area contributed by atoms with Crippen LogP contribution in [0.1, 0.15) is 5.56 Å². The van der Waals surface area contributed by atoms with Crippen molar-refractivity contribution >= 4 is 17.1 Å². The number of nitrogens with zero attached hydrogens (tertiary/aromatic N) is 3. The minimum absolute atomic E-state index is 0.238. The molecule has 0 saturated carbocycles. The Labute approximate surface area is 113 Å². The average Bonchev–Trinajstić information content (AvgIpc) is 2.63. The summed E-state index contributed by atoms with van der Waals surface area (Å²) in [6, 6.07) is 1.02. The van der Waals surface area contributed by atoms with Crippen LogP contribution in [0.15, 0.2) is 12.1 Å². The van der Waals surface area contributed by atoms with Crippen LogP contribution in [0.2, 0.25) is 0 Å². The van der Waals surface area contributed by atoms with Gasteiger partial charge < -0.3 is 0 Å². The number of alkyl halides is 5. The van der Waals surface area contributed by atoms with Crippen molar-refractivity contribution in [2.45, 2.75) is 12.8 Å². The van der Waals surface area contributed by atoms with Gasteiger partial charge in [0.25, 0.3) is 5.69 Å². The lowest BCUT2D eigenvalue weighted by molar-refractivity contribution is -0.385. The first-order valence-electron chi connectivity index (χ1n) is 5.26. The second-order valence-electron chi connectivity index (χ2n) is 3.94. The lowest BCUT2D eigenvalue weighted by Crippen LogP contribution is -2.43. The van der Waals surface area contributed by atoms with E-state index in [0.29, 0.717) is 12.1 Å². The predicted molar refractivity (Wildman–Crippen MR) is 59.2 cm³/mol. The van der Waals surface area contributed by atoms with Gasteiger partial charge in [-0.15, -0.1) is 5.53 Å². The second kappa shape index (κ2) is 4.96. The SMILES string of the molecule is CN1NN(OC(F)F)c2cc([N+](=O)[O-])cc(C(F)(F)F)c21. The van der Waals surface area contributed by atoms with Crippen LogP contribution < -0.4 is 15.7 Å². The van der Waals surface area contributed by atoms with E-state index in [1.807, 2.05) is 0 Å². The minimum atomic E-state index is -4.91. The van der Waals surface area contributed by atoms with Gasteiger partial charge in [0.1, 0.15) is 5.69 Å². The lowest BCUT2D eigenvalue weighted by Gasteiger charge is -2.18. The molecule has 0 aromatic heterocycles. The van der Waals surface area contributed by atoms with E-state index < -0.39 is 40.3 Å². The van der Waals surface area contributed by atoms with E-state index in [9.17, 15) is 32.1 Å². The topological polar surface area (TPSA) is 70.9 Å². The molecular weight excluding hydrogens is 307 g/mol. The zero-order chi connectivity index (χ0) is 15.9. The largest absolute Gasteiger partial charge is 0.418 e. The van der Waals surface area contributed by atoms with E-state index in [4.69, 9.17) is 0 Å². The van der Waals surface area contributed by atoms with Crippen LogP contribution >= 0.6 is 0 Å². The summed E-state index contributed by atoms with van der Waals surface area (Å²) in [5.41, 5.74) is -1.28. The van der Waals surface area contributed by atoms with Gasteiger partial charge in [-0.2, -0.15) is 32.0 Å². The molecule has 1 aromatic rings. The molecular formula is C9H7F5N4O3. The van der Waals surface area contributed by atoms with Gasteiger partial charge in [0.15, 0.2) is 0 Å². The van der Waals surface area contributed by atoms with Gasteiger partial charge in [0, 0.05) is 19.2 Å². The third kappa shape index (κ3) is 2.80. The number of hydrazine groups is 2. The summed E-state index contributed by atoms with van der Waals surface area (Å²) >= 11 is 0. The summed E-state index contributed by atoms with van der Waals surface area (Å²) in [6.45, 7) is -3.33. The highest BCUT2D eigenvalue weighted by atomic mass is 19.4. The summed E-state index contributed by atoms with van der Waals surface area (Å²) < 4.78 is 63.3. The number of fused-ring (bicyclic) bond motifs is 1. The Hall–Kier alpha value is -2.21. The van der Waals surface area contributed by atoms with Gasteiger partial charge >= 0.3 is 12.8 Å². The summed E-state index contributed by atoms with van der Waals surface area (Å²) in [5.74, 6) is 0.